The summed E-state index contributed by atoms with van der Waals surface area (Å²) in [7, 11) is 0. The van der Waals surface area contributed by atoms with E-state index >= 15 is 0 Å². The maximum Gasteiger partial charge on any atom is 0.316 e. The molecule has 3 heteroatoms. The summed E-state index contributed by atoms with van der Waals surface area (Å²) in [5, 5.41) is 0. The highest BCUT2D eigenvalue weighted by atomic mass is 16.5. The van der Waals surface area contributed by atoms with Crippen molar-refractivity contribution in [3.63, 3.8) is 0 Å². The van der Waals surface area contributed by atoms with Gasteiger partial charge in [-0.2, -0.15) is 0 Å². The van der Waals surface area contributed by atoms with Crippen molar-refractivity contribution in [1.82, 2.24) is 4.90 Å². The van der Waals surface area contributed by atoms with Crippen LogP contribution < -0.4 is 0 Å². The van der Waals surface area contributed by atoms with Gasteiger partial charge in [0.15, 0.2) is 0 Å². The first-order valence-electron chi connectivity index (χ1n) is 9.18. The van der Waals surface area contributed by atoms with Crippen LogP contribution in [0.15, 0.2) is 30.3 Å². The first-order valence-corrected chi connectivity index (χ1v) is 9.18. The predicted molar refractivity (Wildman–Crippen MR) is 94.6 cm³/mol. The van der Waals surface area contributed by atoms with Crippen molar-refractivity contribution < 1.29 is 9.53 Å². The van der Waals surface area contributed by atoms with Crippen molar-refractivity contribution in [3.8, 4) is 0 Å². The maximum absolute atomic E-state index is 12.9. The van der Waals surface area contributed by atoms with Crippen molar-refractivity contribution >= 4 is 5.97 Å². The Hall–Kier alpha value is -1.35. The van der Waals surface area contributed by atoms with Crippen molar-refractivity contribution in [2.75, 3.05) is 26.2 Å². The van der Waals surface area contributed by atoms with Crippen molar-refractivity contribution in [2.45, 2.75) is 57.8 Å². The number of esters is 1. The fraction of sp³-hybridized carbons (Fsp3) is 0.650. The second kappa shape index (κ2) is 9.07. The van der Waals surface area contributed by atoms with Gasteiger partial charge in [0.05, 0.1) is 12.0 Å². The van der Waals surface area contributed by atoms with Gasteiger partial charge >= 0.3 is 5.97 Å². The number of carbonyl (C=O) groups is 1. The molecular weight excluding hydrogens is 286 g/mol. The van der Waals surface area contributed by atoms with E-state index in [2.05, 4.69) is 30.9 Å². The predicted octanol–water partition coefficient (Wildman–Crippen LogP) is 4.16. The van der Waals surface area contributed by atoms with Crippen LogP contribution in [-0.4, -0.2) is 37.1 Å². The van der Waals surface area contributed by atoms with Gasteiger partial charge in [-0.15, -0.1) is 0 Å². The maximum atomic E-state index is 12.9. The van der Waals surface area contributed by atoms with Gasteiger partial charge in [-0.05, 0) is 37.9 Å². The molecule has 1 aromatic carbocycles. The number of hydrogen-bond acceptors (Lipinski definition) is 3. The highest BCUT2D eigenvalue weighted by Gasteiger charge is 2.42. The standard InChI is InChI=1S/C20H31NO2/c1-3-21(4-2)16-11-17-23-19(22)20(14-9-6-10-15-20)18-12-7-5-8-13-18/h5,7-8,12-13H,3-4,6,9-11,14-17H2,1-2H3. The zero-order chi connectivity index (χ0) is 16.5. The molecule has 0 amide bonds. The lowest BCUT2D eigenvalue weighted by molar-refractivity contribution is -0.152. The van der Waals surface area contributed by atoms with E-state index in [1.54, 1.807) is 0 Å². The van der Waals surface area contributed by atoms with Gasteiger partial charge < -0.3 is 9.64 Å². The minimum atomic E-state index is -0.408. The summed E-state index contributed by atoms with van der Waals surface area (Å²) in [5.74, 6) is -0.0112. The molecule has 0 bridgehead atoms. The minimum Gasteiger partial charge on any atom is -0.465 e. The molecule has 0 aliphatic heterocycles. The Morgan fingerprint density at radius 1 is 1.09 bits per heavy atom. The first-order chi connectivity index (χ1) is 11.2. The van der Waals surface area contributed by atoms with Crippen LogP contribution in [0.4, 0.5) is 0 Å². The Balaban J connectivity index is 1.96. The largest absolute Gasteiger partial charge is 0.465 e. The monoisotopic (exact) mass is 317 g/mol. The SMILES string of the molecule is CCN(CC)CCCOC(=O)C1(c2ccccc2)CCCCC1. The molecule has 0 radical (unpaired) electrons. The van der Waals surface area contributed by atoms with Crippen LogP contribution >= 0.6 is 0 Å². The van der Waals surface area contributed by atoms with Gasteiger partial charge in [0.1, 0.15) is 0 Å². The highest BCUT2D eigenvalue weighted by Crippen LogP contribution is 2.40. The molecule has 128 valence electrons. The van der Waals surface area contributed by atoms with E-state index in [1.807, 2.05) is 18.2 Å². The van der Waals surface area contributed by atoms with Crippen LogP contribution in [0.3, 0.4) is 0 Å². The third-order valence-corrected chi connectivity index (χ3v) is 5.17. The summed E-state index contributed by atoms with van der Waals surface area (Å²) < 4.78 is 5.71. The van der Waals surface area contributed by atoms with Gasteiger partial charge in [0, 0.05) is 6.54 Å². The Labute approximate surface area is 141 Å². The van der Waals surface area contributed by atoms with Crippen LogP contribution in [0.1, 0.15) is 57.9 Å². The van der Waals surface area contributed by atoms with E-state index in [1.165, 1.54) is 6.42 Å². The Morgan fingerprint density at radius 3 is 2.35 bits per heavy atom. The Kier molecular flexibility index (Phi) is 7.10. The van der Waals surface area contributed by atoms with Crippen LogP contribution in [-0.2, 0) is 14.9 Å². The number of nitrogens with zero attached hydrogens (tertiary/aromatic N) is 1. The van der Waals surface area contributed by atoms with E-state index < -0.39 is 5.41 Å². The molecule has 1 saturated carbocycles. The van der Waals surface area contributed by atoms with Crippen molar-refractivity contribution in [3.05, 3.63) is 35.9 Å². The molecule has 0 unspecified atom stereocenters. The van der Waals surface area contributed by atoms with Crippen LogP contribution in [0.25, 0.3) is 0 Å². The molecule has 23 heavy (non-hydrogen) atoms. The first kappa shape index (κ1) is 18.0. The summed E-state index contributed by atoms with van der Waals surface area (Å²) >= 11 is 0. The van der Waals surface area contributed by atoms with E-state index in [0.29, 0.717) is 6.61 Å². The topological polar surface area (TPSA) is 29.5 Å². The molecule has 0 N–H and O–H groups in total. The summed E-state index contributed by atoms with van der Waals surface area (Å²) in [6.07, 6.45) is 6.22. The number of benzene rings is 1. The fourth-order valence-electron chi connectivity index (χ4n) is 3.65. The number of carbonyl (C=O) groups excluding carboxylic acids is 1. The smallest absolute Gasteiger partial charge is 0.316 e. The van der Waals surface area contributed by atoms with Gasteiger partial charge in [-0.3, -0.25) is 4.79 Å². The average Bonchev–Trinajstić information content (AvgIpc) is 2.63. The molecule has 0 saturated heterocycles. The molecule has 1 fully saturated rings. The van der Waals surface area contributed by atoms with E-state index in [4.69, 9.17) is 4.74 Å². The second-order valence-electron chi connectivity index (χ2n) is 6.53. The van der Waals surface area contributed by atoms with Crippen LogP contribution in [0, 0.1) is 0 Å². The molecule has 0 heterocycles. The number of ether oxygens (including phenoxy) is 1. The Bertz CT molecular complexity index is 462. The summed E-state index contributed by atoms with van der Waals surface area (Å²) in [6.45, 7) is 7.98. The van der Waals surface area contributed by atoms with Crippen LogP contribution in [0.5, 0.6) is 0 Å². The normalized spacial score (nSPS) is 17.2. The molecule has 1 aliphatic rings. The molecule has 1 aromatic rings. The molecule has 0 aromatic heterocycles. The molecule has 0 spiro atoms. The molecule has 1 aliphatic carbocycles. The van der Waals surface area contributed by atoms with Gasteiger partial charge in [-0.25, -0.2) is 0 Å². The minimum absolute atomic E-state index is 0.0112. The van der Waals surface area contributed by atoms with E-state index in [9.17, 15) is 4.79 Å². The highest BCUT2D eigenvalue weighted by molar-refractivity contribution is 5.83. The zero-order valence-corrected chi connectivity index (χ0v) is 14.7. The fourth-order valence-corrected chi connectivity index (χ4v) is 3.65. The van der Waals surface area contributed by atoms with Gasteiger partial charge in [-0.1, -0.05) is 63.4 Å². The third-order valence-electron chi connectivity index (χ3n) is 5.17. The molecule has 3 nitrogen and oxygen atoms in total. The number of rotatable bonds is 8. The lowest BCUT2D eigenvalue weighted by atomic mass is 9.69. The quantitative estimate of drug-likeness (QED) is 0.532. The molecule has 2 rings (SSSR count). The van der Waals surface area contributed by atoms with Gasteiger partial charge in [0.25, 0.3) is 0 Å². The lowest BCUT2D eigenvalue weighted by Gasteiger charge is -2.35. The van der Waals surface area contributed by atoms with Crippen molar-refractivity contribution in [2.24, 2.45) is 0 Å². The van der Waals surface area contributed by atoms with E-state index in [0.717, 1.165) is 57.3 Å². The average molecular weight is 317 g/mol. The Morgan fingerprint density at radius 2 is 1.74 bits per heavy atom. The van der Waals surface area contributed by atoms with Crippen LogP contribution in [0.2, 0.25) is 0 Å². The molecular formula is C20H31NO2. The number of hydrogen-bond donors (Lipinski definition) is 0. The summed E-state index contributed by atoms with van der Waals surface area (Å²) in [5.41, 5.74) is 0.725. The summed E-state index contributed by atoms with van der Waals surface area (Å²) in [6, 6.07) is 10.2. The van der Waals surface area contributed by atoms with Crippen molar-refractivity contribution in [1.29, 1.82) is 0 Å². The van der Waals surface area contributed by atoms with Gasteiger partial charge in [0.2, 0.25) is 0 Å². The molecule has 0 atom stereocenters. The lowest BCUT2D eigenvalue weighted by Crippen LogP contribution is -2.39. The third kappa shape index (κ3) is 4.57. The summed E-state index contributed by atoms with van der Waals surface area (Å²) in [4.78, 5) is 15.2. The van der Waals surface area contributed by atoms with E-state index in [-0.39, 0.29) is 5.97 Å². The second-order valence-corrected chi connectivity index (χ2v) is 6.53. The zero-order valence-electron chi connectivity index (χ0n) is 14.7.